The summed E-state index contributed by atoms with van der Waals surface area (Å²) in [5.74, 6) is 0.504. The standard InChI is InChI=1S/C21H16F3N3OS/c22-21(23,24)18-15(12-4-2-1-3-5-12)11-17(29-18)20-26-19(27-28-20)14-6-7-16-13(10-14)8-9-25-16/h1-6,10-11,16,25H,7-9H2. The molecular formula is C21H16F3N3OS. The number of hydrogen-bond acceptors (Lipinski definition) is 5. The zero-order valence-electron chi connectivity index (χ0n) is 15.2. The van der Waals surface area contributed by atoms with Crippen molar-refractivity contribution in [2.75, 3.05) is 6.54 Å². The van der Waals surface area contributed by atoms with Gasteiger partial charge in [-0.05, 0) is 31.0 Å². The molecule has 3 heterocycles. The van der Waals surface area contributed by atoms with Gasteiger partial charge in [-0.2, -0.15) is 18.2 Å². The van der Waals surface area contributed by atoms with Crippen molar-refractivity contribution in [3.05, 3.63) is 64.8 Å². The molecule has 2 aromatic heterocycles. The van der Waals surface area contributed by atoms with Gasteiger partial charge in [-0.15, -0.1) is 11.3 Å². The molecule has 0 saturated carbocycles. The number of nitrogens with one attached hydrogen (secondary N) is 1. The fourth-order valence-electron chi connectivity index (χ4n) is 3.74. The van der Waals surface area contributed by atoms with Crippen molar-refractivity contribution >= 4 is 16.9 Å². The first-order valence-electron chi connectivity index (χ1n) is 9.24. The highest BCUT2D eigenvalue weighted by molar-refractivity contribution is 7.16. The van der Waals surface area contributed by atoms with Crippen LogP contribution in [0.4, 0.5) is 13.2 Å². The van der Waals surface area contributed by atoms with Crippen molar-refractivity contribution in [1.29, 1.82) is 0 Å². The molecule has 1 atom stereocenters. The molecule has 0 bridgehead atoms. The van der Waals surface area contributed by atoms with Gasteiger partial charge in [0.2, 0.25) is 5.82 Å². The van der Waals surface area contributed by atoms with E-state index in [9.17, 15) is 13.2 Å². The Kier molecular flexibility index (Phi) is 4.40. The van der Waals surface area contributed by atoms with Gasteiger partial charge >= 0.3 is 6.18 Å². The average Bonchev–Trinajstić information content (AvgIpc) is 3.45. The lowest BCUT2D eigenvalue weighted by Gasteiger charge is -2.15. The van der Waals surface area contributed by atoms with E-state index in [-0.39, 0.29) is 11.5 Å². The van der Waals surface area contributed by atoms with E-state index in [0.717, 1.165) is 25.0 Å². The molecule has 1 fully saturated rings. The van der Waals surface area contributed by atoms with Crippen LogP contribution in [-0.2, 0) is 6.18 Å². The van der Waals surface area contributed by atoms with Crippen molar-refractivity contribution in [2.45, 2.75) is 25.1 Å². The number of halogens is 3. The summed E-state index contributed by atoms with van der Waals surface area (Å²) in [6.07, 6.45) is 1.45. The second-order valence-corrected chi connectivity index (χ2v) is 8.06. The van der Waals surface area contributed by atoms with Crippen molar-refractivity contribution in [3.8, 4) is 21.9 Å². The first-order chi connectivity index (χ1) is 14.0. The molecule has 0 radical (unpaired) electrons. The van der Waals surface area contributed by atoms with Gasteiger partial charge in [0.05, 0.1) is 4.88 Å². The minimum Gasteiger partial charge on any atom is -0.333 e. The topological polar surface area (TPSA) is 51.0 Å². The SMILES string of the molecule is FC(F)(F)c1sc(-c2nc(C3=CCC4NCCC4=C3)no2)cc1-c1ccccc1. The van der Waals surface area contributed by atoms with Crippen LogP contribution in [0, 0.1) is 0 Å². The minimum atomic E-state index is -4.46. The molecule has 8 heteroatoms. The van der Waals surface area contributed by atoms with Crippen LogP contribution in [0.5, 0.6) is 0 Å². The van der Waals surface area contributed by atoms with Gasteiger partial charge in [-0.25, -0.2) is 0 Å². The van der Waals surface area contributed by atoms with Crippen LogP contribution >= 0.6 is 11.3 Å². The summed E-state index contributed by atoms with van der Waals surface area (Å²) in [6, 6.07) is 10.4. The van der Waals surface area contributed by atoms with Crippen LogP contribution < -0.4 is 5.32 Å². The summed E-state index contributed by atoms with van der Waals surface area (Å²) >= 11 is 0.624. The molecular weight excluding hydrogens is 399 g/mol. The summed E-state index contributed by atoms with van der Waals surface area (Å²) in [5, 5.41) is 7.43. The third kappa shape index (κ3) is 3.42. The van der Waals surface area contributed by atoms with Gasteiger partial charge in [0.25, 0.3) is 5.89 Å². The van der Waals surface area contributed by atoms with Crippen LogP contribution in [-0.4, -0.2) is 22.7 Å². The van der Waals surface area contributed by atoms with Crippen molar-refractivity contribution in [3.63, 3.8) is 0 Å². The van der Waals surface area contributed by atoms with Gasteiger partial charge in [0.1, 0.15) is 4.88 Å². The zero-order valence-corrected chi connectivity index (χ0v) is 16.0. The van der Waals surface area contributed by atoms with Crippen LogP contribution in [0.25, 0.3) is 27.5 Å². The lowest BCUT2D eigenvalue weighted by Crippen LogP contribution is -2.23. The van der Waals surface area contributed by atoms with E-state index in [1.54, 1.807) is 30.3 Å². The largest absolute Gasteiger partial charge is 0.426 e. The Morgan fingerprint density at radius 3 is 2.79 bits per heavy atom. The maximum atomic E-state index is 13.6. The van der Waals surface area contributed by atoms with Crippen LogP contribution in [0.3, 0.4) is 0 Å². The van der Waals surface area contributed by atoms with E-state index in [2.05, 4.69) is 15.5 Å². The summed E-state index contributed by atoms with van der Waals surface area (Å²) in [4.78, 5) is 4.02. The summed E-state index contributed by atoms with van der Waals surface area (Å²) in [7, 11) is 0. The number of fused-ring (bicyclic) bond motifs is 1. The van der Waals surface area contributed by atoms with Gasteiger partial charge < -0.3 is 9.84 Å². The second-order valence-electron chi connectivity index (χ2n) is 7.01. The first-order valence-corrected chi connectivity index (χ1v) is 10.1. The number of alkyl halides is 3. The molecule has 1 saturated heterocycles. The Balaban J connectivity index is 1.51. The minimum absolute atomic E-state index is 0.101. The van der Waals surface area contributed by atoms with E-state index in [0.29, 0.717) is 33.6 Å². The van der Waals surface area contributed by atoms with E-state index < -0.39 is 11.1 Å². The number of nitrogens with zero attached hydrogens (tertiary/aromatic N) is 2. The molecule has 0 spiro atoms. The number of rotatable bonds is 3. The van der Waals surface area contributed by atoms with Crippen molar-refractivity contribution < 1.29 is 17.7 Å². The average molecular weight is 415 g/mol. The van der Waals surface area contributed by atoms with Crippen molar-refractivity contribution in [1.82, 2.24) is 15.5 Å². The molecule has 29 heavy (non-hydrogen) atoms. The van der Waals surface area contributed by atoms with E-state index in [4.69, 9.17) is 4.52 Å². The molecule has 1 N–H and O–H groups in total. The Morgan fingerprint density at radius 2 is 2.00 bits per heavy atom. The Labute approximate surface area is 168 Å². The Morgan fingerprint density at radius 1 is 1.17 bits per heavy atom. The predicted molar refractivity (Wildman–Crippen MR) is 105 cm³/mol. The number of allylic oxidation sites excluding steroid dienone is 2. The van der Waals surface area contributed by atoms with Crippen LogP contribution in [0.15, 0.2) is 58.6 Å². The number of benzene rings is 1. The molecule has 2 aliphatic rings. The molecule has 1 aliphatic carbocycles. The summed E-state index contributed by atoms with van der Waals surface area (Å²) < 4.78 is 46.1. The molecule has 3 aromatic rings. The third-order valence-electron chi connectivity index (χ3n) is 5.14. The summed E-state index contributed by atoms with van der Waals surface area (Å²) in [6.45, 7) is 0.951. The van der Waals surface area contributed by atoms with Crippen molar-refractivity contribution in [2.24, 2.45) is 0 Å². The maximum Gasteiger partial charge on any atom is 0.426 e. The molecule has 4 nitrogen and oxygen atoms in total. The van der Waals surface area contributed by atoms with E-state index in [1.165, 1.54) is 11.6 Å². The van der Waals surface area contributed by atoms with E-state index in [1.807, 2.05) is 12.2 Å². The summed E-state index contributed by atoms with van der Waals surface area (Å²) in [5.41, 5.74) is 2.78. The first kappa shape index (κ1) is 18.3. The lowest BCUT2D eigenvalue weighted by atomic mass is 9.95. The molecule has 5 rings (SSSR count). The highest BCUT2D eigenvalue weighted by Gasteiger charge is 2.37. The third-order valence-corrected chi connectivity index (χ3v) is 6.30. The number of hydrogen-bond donors (Lipinski definition) is 1. The highest BCUT2D eigenvalue weighted by atomic mass is 32.1. The normalized spacial score (nSPS) is 19.1. The fourth-order valence-corrected chi connectivity index (χ4v) is 4.71. The lowest BCUT2D eigenvalue weighted by molar-refractivity contribution is -0.133. The molecule has 1 unspecified atom stereocenters. The Bertz CT molecular complexity index is 1110. The fraction of sp³-hybridized carbons (Fsp3) is 0.238. The molecule has 0 amide bonds. The maximum absolute atomic E-state index is 13.6. The van der Waals surface area contributed by atoms with Crippen LogP contribution in [0.1, 0.15) is 23.5 Å². The second kappa shape index (κ2) is 6.96. The smallest absolute Gasteiger partial charge is 0.333 e. The highest BCUT2D eigenvalue weighted by Crippen LogP contribution is 2.45. The number of aromatic nitrogens is 2. The molecule has 1 aliphatic heterocycles. The van der Waals surface area contributed by atoms with Gasteiger partial charge in [0.15, 0.2) is 0 Å². The van der Waals surface area contributed by atoms with E-state index >= 15 is 0 Å². The van der Waals surface area contributed by atoms with Crippen LogP contribution in [0.2, 0.25) is 0 Å². The quantitative estimate of drug-likeness (QED) is 0.609. The molecule has 148 valence electrons. The van der Waals surface area contributed by atoms with Gasteiger partial charge in [0, 0.05) is 17.2 Å². The number of thiophene rings is 1. The van der Waals surface area contributed by atoms with Gasteiger partial charge in [-0.1, -0.05) is 53.2 Å². The predicted octanol–water partition coefficient (Wildman–Crippen LogP) is 5.56. The zero-order chi connectivity index (χ0) is 20.0. The Hall–Kier alpha value is -2.71. The van der Waals surface area contributed by atoms with Gasteiger partial charge in [-0.3, -0.25) is 0 Å². The monoisotopic (exact) mass is 415 g/mol. The molecule has 1 aromatic carbocycles.